The number of allylic oxidation sites excluding steroid dienone is 1. The Hall–Kier alpha value is -2.30. The highest BCUT2D eigenvalue weighted by Crippen LogP contribution is 2.67. The molecule has 0 heterocycles. The van der Waals surface area contributed by atoms with Crippen molar-refractivity contribution in [2.45, 2.75) is 100 Å². The fraction of sp³-hybridized carbons (Fsp3) is 0.688. The summed E-state index contributed by atoms with van der Waals surface area (Å²) in [5.41, 5.74) is 3.65. The largest absolute Gasteiger partial charge is 0.496 e. The standard InChI is InChI=1S/C32H46O5/c1-19-10-11-27-31(7,14-12-26-30(5,6)28(37-22(4)34)13-15-32(26,27)8)25(19)18-23-17-24(36-21(3)33)16-20(2)29(23)35-9/h12,16-17,19,25,27-28H,10-11,13-15,18H2,1-9H3/t19-,25-,27-,28-,31+,32+/m1/s1. The summed E-state index contributed by atoms with van der Waals surface area (Å²) < 4.78 is 17.2. The van der Waals surface area contributed by atoms with Gasteiger partial charge in [-0.3, -0.25) is 9.59 Å². The molecule has 5 heteroatoms. The second kappa shape index (κ2) is 9.78. The molecule has 1 aromatic rings. The van der Waals surface area contributed by atoms with Gasteiger partial charge in [-0.2, -0.15) is 0 Å². The van der Waals surface area contributed by atoms with Crippen LogP contribution < -0.4 is 9.47 Å². The molecule has 0 amide bonds. The van der Waals surface area contributed by atoms with Crippen LogP contribution in [0, 0.1) is 40.9 Å². The Morgan fingerprint density at radius 2 is 1.73 bits per heavy atom. The van der Waals surface area contributed by atoms with Crippen molar-refractivity contribution < 1.29 is 23.8 Å². The van der Waals surface area contributed by atoms with E-state index in [4.69, 9.17) is 14.2 Å². The summed E-state index contributed by atoms with van der Waals surface area (Å²) in [7, 11) is 1.73. The molecular weight excluding hydrogens is 464 g/mol. The predicted molar refractivity (Wildman–Crippen MR) is 146 cm³/mol. The predicted octanol–water partition coefficient (Wildman–Crippen LogP) is 7.23. The van der Waals surface area contributed by atoms with E-state index >= 15 is 0 Å². The Kier molecular flexibility index (Phi) is 7.33. The number of hydrogen-bond acceptors (Lipinski definition) is 5. The second-order valence-electron chi connectivity index (χ2n) is 13.0. The lowest BCUT2D eigenvalue weighted by atomic mass is 9.41. The minimum atomic E-state index is -0.307. The average molecular weight is 511 g/mol. The van der Waals surface area contributed by atoms with Crippen LogP contribution >= 0.6 is 0 Å². The molecule has 3 aliphatic rings. The topological polar surface area (TPSA) is 61.8 Å². The van der Waals surface area contributed by atoms with Crippen LogP contribution in [0.4, 0.5) is 0 Å². The summed E-state index contributed by atoms with van der Waals surface area (Å²) in [6.07, 6.45) is 8.74. The minimum absolute atomic E-state index is 0.0664. The van der Waals surface area contributed by atoms with E-state index in [-0.39, 0.29) is 34.3 Å². The Morgan fingerprint density at radius 1 is 1.03 bits per heavy atom. The summed E-state index contributed by atoms with van der Waals surface area (Å²) in [5, 5.41) is 0. The molecule has 4 rings (SSSR count). The second-order valence-corrected chi connectivity index (χ2v) is 13.0. The smallest absolute Gasteiger partial charge is 0.308 e. The molecule has 2 saturated carbocycles. The summed E-state index contributed by atoms with van der Waals surface area (Å²) >= 11 is 0. The van der Waals surface area contributed by atoms with Gasteiger partial charge in [-0.25, -0.2) is 0 Å². The monoisotopic (exact) mass is 510 g/mol. The van der Waals surface area contributed by atoms with E-state index in [1.165, 1.54) is 32.3 Å². The molecular formula is C32H46O5. The van der Waals surface area contributed by atoms with Crippen molar-refractivity contribution >= 4 is 11.9 Å². The maximum atomic E-state index is 11.9. The highest BCUT2D eigenvalue weighted by Gasteiger charge is 2.60. The summed E-state index contributed by atoms with van der Waals surface area (Å²) in [6.45, 7) is 16.9. The van der Waals surface area contributed by atoms with Gasteiger partial charge in [0, 0.05) is 19.3 Å². The van der Waals surface area contributed by atoms with Gasteiger partial charge >= 0.3 is 11.9 Å². The van der Waals surface area contributed by atoms with Gasteiger partial charge in [-0.15, -0.1) is 0 Å². The van der Waals surface area contributed by atoms with Gasteiger partial charge in [0.15, 0.2) is 0 Å². The van der Waals surface area contributed by atoms with Crippen LogP contribution in [0.2, 0.25) is 0 Å². The summed E-state index contributed by atoms with van der Waals surface area (Å²) in [5.74, 6) is 2.60. The van der Waals surface area contributed by atoms with Crippen LogP contribution in [-0.4, -0.2) is 25.2 Å². The van der Waals surface area contributed by atoms with Crippen molar-refractivity contribution in [1.29, 1.82) is 0 Å². The number of benzene rings is 1. The molecule has 6 atom stereocenters. The SMILES string of the molecule is COc1c(C)cc(OC(C)=O)cc1C[C@@H]1[C@H](C)CC[C@@H]2[C@@]1(C)CC=C1C(C)(C)[C@H](OC(C)=O)CC[C@@]12C. The number of rotatable bonds is 5. The molecule has 204 valence electrons. The minimum Gasteiger partial charge on any atom is -0.496 e. The third-order valence-electron chi connectivity index (χ3n) is 10.3. The number of fused-ring (bicyclic) bond motifs is 3. The van der Waals surface area contributed by atoms with E-state index in [9.17, 15) is 9.59 Å². The normalized spacial score (nSPS) is 34.5. The quantitative estimate of drug-likeness (QED) is 0.238. The number of esters is 2. The van der Waals surface area contributed by atoms with Gasteiger partial charge in [0.1, 0.15) is 17.6 Å². The Bertz CT molecular complexity index is 1100. The lowest BCUT2D eigenvalue weighted by molar-refractivity contribution is -0.158. The summed E-state index contributed by atoms with van der Waals surface area (Å²) in [6, 6.07) is 3.89. The zero-order chi connectivity index (χ0) is 27.3. The molecule has 2 fully saturated rings. The van der Waals surface area contributed by atoms with Crippen molar-refractivity contribution in [2.75, 3.05) is 7.11 Å². The fourth-order valence-electron chi connectivity index (χ4n) is 8.78. The number of carbonyl (C=O) groups excluding carboxylic acids is 2. The third-order valence-corrected chi connectivity index (χ3v) is 10.3. The molecule has 3 aliphatic carbocycles. The Labute approximate surface area is 223 Å². The molecule has 37 heavy (non-hydrogen) atoms. The molecule has 1 aromatic carbocycles. The number of ether oxygens (including phenoxy) is 3. The lowest BCUT2D eigenvalue weighted by Crippen LogP contribution is -2.57. The zero-order valence-electron chi connectivity index (χ0n) is 24.3. The fourth-order valence-corrected chi connectivity index (χ4v) is 8.78. The molecule has 0 unspecified atom stereocenters. The van der Waals surface area contributed by atoms with Crippen LogP contribution in [0.1, 0.15) is 91.7 Å². The van der Waals surface area contributed by atoms with Crippen molar-refractivity contribution in [3.05, 3.63) is 34.9 Å². The highest BCUT2D eigenvalue weighted by molar-refractivity contribution is 5.69. The van der Waals surface area contributed by atoms with Crippen molar-refractivity contribution in [1.82, 2.24) is 0 Å². The number of methoxy groups -OCH3 is 1. The molecule has 0 aliphatic heterocycles. The first-order chi connectivity index (χ1) is 17.2. The Balaban J connectivity index is 1.73. The van der Waals surface area contributed by atoms with Gasteiger partial charge in [0.2, 0.25) is 0 Å². The van der Waals surface area contributed by atoms with E-state index in [1.54, 1.807) is 7.11 Å². The van der Waals surface area contributed by atoms with E-state index in [2.05, 4.69) is 40.7 Å². The van der Waals surface area contributed by atoms with E-state index in [0.29, 0.717) is 23.5 Å². The van der Waals surface area contributed by atoms with Gasteiger partial charge in [-0.1, -0.05) is 52.7 Å². The molecule has 0 N–H and O–H groups in total. The van der Waals surface area contributed by atoms with Crippen LogP contribution in [0.5, 0.6) is 11.5 Å². The van der Waals surface area contributed by atoms with Gasteiger partial charge < -0.3 is 14.2 Å². The molecule has 0 saturated heterocycles. The molecule has 0 radical (unpaired) electrons. The average Bonchev–Trinajstić information content (AvgIpc) is 2.77. The van der Waals surface area contributed by atoms with Gasteiger partial charge in [0.05, 0.1) is 7.11 Å². The first-order valence-corrected chi connectivity index (χ1v) is 14.0. The van der Waals surface area contributed by atoms with Crippen LogP contribution in [0.15, 0.2) is 23.8 Å². The molecule has 5 nitrogen and oxygen atoms in total. The van der Waals surface area contributed by atoms with Gasteiger partial charge in [0.25, 0.3) is 0 Å². The summed E-state index contributed by atoms with van der Waals surface area (Å²) in [4.78, 5) is 23.5. The zero-order valence-corrected chi connectivity index (χ0v) is 24.3. The van der Waals surface area contributed by atoms with Crippen LogP contribution in [0.25, 0.3) is 0 Å². The van der Waals surface area contributed by atoms with Crippen LogP contribution in [-0.2, 0) is 20.7 Å². The van der Waals surface area contributed by atoms with E-state index < -0.39 is 0 Å². The number of aryl methyl sites for hydroxylation is 1. The molecule has 0 aromatic heterocycles. The maximum absolute atomic E-state index is 11.9. The third kappa shape index (κ3) is 4.72. The van der Waals surface area contributed by atoms with Gasteiger partial charge in [-0.05, 0) is 90.9 Å². The highest BCUT2D eigenvalue weighted by atomic mass is 16.5. The number of carbonyl (C=O) groups is 2. The van der Waals surface area contributed by atoms with Crippen molar-refractivity contribution in [3.63, 3.8) is 0 Å². The first-order valence-electron chi connectivity index (χ1n) is 14.0. The maximum Gasteiger partial charge on any atom is 0.308 e. The number of hydrogen-bond donors (Lipinski definition) is 0. The van der Waals surface area contributed by atoms with E-state index in [1.807, 2.05) is 19.1 Å². The lowest BCUT2D eigenvalue weighted by Gasteiger charge is -2.64. The van der Waals surface area contributed by atoms with Crippen molar-refractivity contribution in [2.24, 2.45) is 34.0 Å². The molecule has 0 bridgehead atoms. The Morgan fingerprint density at radius 3 is 2.35 bits per heavy atom. The van der Waals surface area contributed by atoms with Crippen LogP contribution in [0.3, 0.4) is 0 Å². The first kappa shape index (κ1) is 27.7. The van der Waals surface area contributed by atoms with E-state index in [0.717, 1.165) is 42.6 Å². The van der Waals surface area contributed by atoms with Crippen molar-refractivity contribution in [3.8, 4) is 11.5 Å². The molecule has 0 spiro atoms.